The molecular weight excluding hydrogens is 220 g/mol. The first-order valence-corrected chi connectivity index (χ1v) is 7.29. The van der Waals surface area contributed by atoms with Gasteiger partial charge in [-0.05, 0) is 56.8 Å². The summed E-state index contributed by atoms with van der Waals surface area (Å²) in [7, 11) is 0. The van der Waals surface area contributed by atoms with Gasteiger partial charge in [0.05, 0.1) is 0 Å². The Bertz CT molecular complexity index is 371. The van der Waals surface area contributed by atoms with E-state index in [9.17, 15) is 0 Å². The van der Waals surface area contributed by atoms with Gasteiger partial charge in [0.2, 0.25) is 0 Å². The van der Waals surface area contributed by atoms with Crippen LogP contribution in [0.15, 0.2) is 24.3 Å². The van der Waals surface area contributed by atoms with Crippen molar-refractivity contribution in [3.8, 4) is 0 Å². The first kappa shape index (κ1) is 13.4. The molecule has 1 unspecified atom stereocenters. The highest BCUT2D eigenvalue weighted by atomic mass is 15.2. The first-order chi connectivity index (χ1) is 8.74. The van der Waals surface area contributed by atoms with Crippen LogP contribution in [-0.2, 0) is 0 Å². The second-order valence-electron chi connectivity index (χ2n) is 5.38. The lowest BCUT2D eigenvalue weighted by Gasteiger charge is -2.29. The van der Waals surface area contributed by atoms with Gasteiger partial charge in [0.1, 0.15) is 0 Å². The molecule has 0 bridgehead atoms. The quantitative estimate of drug-likeness (QED) is 0.795. The van der Waals surface area contributed by atoms with Gasteiger partial charge in [-0.2, -0.15) is 0 Å². The molecule has 1 aliphatic rings. The maximum absolute atomic E-state index is 3.65. The van der Waals surface area contributed by atoms with E-state index in [1.165, 1.54) is 24.1 Å². The molecule has 1 N–H and O–H groups in total. The Kier molecular flexibility index (Phi) is 4.65. The summed E-state index contributed by atoms with van der Waals surface area (Å²) in [5, 5.41) is 3.65. The van der Waals surface area contributed by atoms with Crippen LogP contribution in [0.2, 0.25) is 0 Å². The monoisotopic (exact) mass is 246 g/mol. The molecule has 18 heavy (non-hydrogen) atoms. The summed E-state index contributed by atoms with van der Waals surface area (Å²) < 4.78 is 0. The first-order valence-electron chi connectivity index (χ1n) is 7.29. The van der Waals surface area contributed by atoms with Crippen LogP contribution in [-0.4, -0.2) is 25.7 Å². The van der Waals surface area contributed by atoms with Gasteiger partial charge in [0.15, 0.2) is 0 Å². The van der Waals surface area contributed by atoms with Crippen molar-refractivity contribution in [3.05, 3.63) is 29.8 Å². The molecule has 0 amide bonds. The number of nitrogens with one attached hydrogen (secondary N) is 1. The second-order valence-corrected chi connectivity index (χ2v) is 5.38. The van der Waals surface area contributed by atoms with Crippen molar-refractivity contribution in [2.24, 2.45) is 5.92 Å². The standard InChI is InChI=1S/C16H26N2/c1-4-17-16(14-9-10-14)12-18(5-2)15-8-6-7-13(3)11-15/h6-8,11,14,16-17H,4-5,9-10,12H2,1-3H3. The lowest BCUT2D eigenvalue weighted by molar-refractivity contribution is 0.470. The smallest absolute Gasteiger partial charge is 0.0369 e. The summed E-state index contributed by atoms with van der Waals surface area (Å²) >= 11 is 0. The van der Waals surface area contributed by atoms with Crippen molar-refractivity contribution < 1.29 is 0 Å². The van der Waals surface area contributed by atoms with Crippen molar-refractivity contribution in [1.29, 1.82) is 0 Å². The van der Waals surface area contributed by atoms with Crippen molar-refractivity contribution in [2.45, 2.75) is 39.7 Å². The topological polar surface area (TPSA) is 15.3 Å². The Morgan fingerprint density at radius 2 is 2.11 bits per heavy atom. The molecule has 1 aromatic carbocycles. The van der Waals surface area contributed by atoms with Crippen LogP contribution < -0.4 is 10.2 Å². The number of likely N-dealkylation sites (N-methyl/N-ethyl adjacent to an activating group) is 2. The van der Waals surface area contributed by atoms with Crippen LogP contribution in [0.1, 0.15) is 32.3 Å². The lowest BCUT2D eigenvalue weighted by Crippen LogP contribution is -2.42. The SMILES string of the molecule is CCNC(CN(CC)c1cccc(C)c1)C1CC1. The van der Waals surface area contributed by atoms with Gasteiger partial charge >= 0.3 is 0 Å². The molecule has 1 saturated carbocycles. The zero-order valence-corrected chi connectivity index (χ0v) is 11.9. The third-order valence-corrected chi connectivity index (χ3v) is 3.82. The maximum Gasteiger partial charge on any atom is 0.0369 e. The molecule has 0 aliphatic heterocycles. The molecule has 2 heteroatoms. The Morgan fingerprint density at radius 1 is 1.33 bits per heavy atom. The molecule has 2 nitrogen and oxygen atoms in total. The second kappa shape index (κ2) is 6.24. The van der Waals surface area contributed by atoms with Crippen molar-refractivity contribution in [2.75, 3.05) is 24.5 Å². The third-order valence-electron chi connectivity index (χ3n) is 3.82. The van der Waals surface area contributed by atoms with E-state index >= 15 is 0 Å². The number of hydrogen-bond donors (Lipinski definition) is 1. The molecule has 1 fully saturated rings. The fourth-order valence-corrected chi connectivity index (χ4v) is 2.62. The van der Waals surface area contributed by atoms with Crippen molar-refractivity contribution >= 4 is 5.69 Å². The average molecular weight is 246 g/mol. The van der Waals surface area contributed by atoms with E-state index in [0.717, 1.165) is 25.6 Å². The minimum atomic E-state index is 0.662. The summed E-state index contributed by atoms with van der Waals surface area (Å²) in [4.78, 5) is 2.50. The van der Waals surface area contributed by atoms with E-state index in [4.69, 9.17) is 0 Å². The lowest BCUT2D eigenvalue weighted by atomic mass is 10.1. The van der Waals surface area contributed by atoms with Gasteiger partial charge in [-0.25, -0.2) is 0 Å². The zero-order valence-electron chi connectivity index (χ0n) is 11.9. The predicted octanol–water partition coefficient (Wildman–Crippen LogP) is 3.21. The summed E-state index contributed by atoms with van der Waals surface area (Å²) in [5.74, 6) is 0.906. The van der Waals surface area contributed by atoms with Crippen LogP contribution >= 0.6 is 0 Å². The molecular formula is C16H26N2. The van der Waals surface area contributed by atoms with Crippen molar-refractivity contribution in [1.82, 2.24) is 5.32 Å². The van der Waals surface area contributed by atoms with Crippen LogP contribution in [0.4, 0.5) is 5.69 Å². The van der Waals surface area contributed by atoms with Gasteiger partial charge in [-0.1, -0.05) is 19.1 Å². The Balaban J connectivity index is 2.03. The molecule has 100 valence electrons. The fourth-order valence-electron chi connectivity index (χ4n) is 2.62. The van der Waals surface area contributed by atoms with E-state index in [0.29, 0.717) is 6.04 Å². The normalized spacial score (nSPS) is 16.6. The van der Waals surface area contributed by atoms with E-state index in [-0.39, 0.29) is 0 Å². The summed E-state index contributed by atoms with van der Waals surface area (Å²) in [6.07, 6.45) is 2.81. The summed E-state index contributed by atoms with van der Waals surface area (Å²) in [5.41, 5.74) is 2.71. The number of aryl methyl sites for hydroxylation is 1. The van der Waals surface area contributed by atoms with Gasteiger partial charge in [0.25, 0.3) is 0 Å². The van der Waals surface area contributed by atoms with Crippen LogP contribution in [0.5, 0.6) is 0 Å². The number of rotatable bonds is 7. The number of benzene rings is 1. The number of nitrogens with zero attached hydrogens (tertiary/aromatic N) is 1. The van der Waals surface area contributed by atoms with Gasteiger partial charge in [-0.3, -0.25) is 0 Å². The van der Waals surface area contributed by atoms with Crippen LogP contribution in [0.3, 0.4) is 0 Å². The number of hydrogen-bond acceptors (Lipinski definition) is 2. The molecule has 1 atom stereocenters. The molecule has 1 aliphatic carbocycles. The minimum absolute atomic E-state index is 0.662. The molecule has 0 saturated heterocycles. The molecule has 0 aromatic heterocycles. The van der Waals surface area contributed by atoms with E-state index < -0.39 is 0 Å². The molecule has 2 rings (SSSR count). The van der Waals surface area contributed by atoms with E-state index in [1.807, 2.05) is 0 Å². The van der Waals surface area contributed by atoms with E-state index in [1.54, 1.807) is 0 Å². The zero-order chi connectivity index (χ0) is 13.0. The molecule has 0 heterocycles. The minimum Gasteiger partial charge on any atom is -0.370 e. The Hall–Kier alpha value is -1.02. The third kappa shape index (κ3) is 3.49. The Labute approximate surface area is 111 Å². The Morgan fingerprint density at radius 3 is 2.67 bits per heavy atom. The summed E-state index contributed by atoms with van der Waals surface area (Å²) in [6, 6.07) is 9.51. The highest BCUT2D eigenvalue weighted by Crippen LogP contribution is 2.33. The van der Waals surface area contributed by atoms with Gasteiger partial charge in [-0.15, -0.1) is 0 Å². The van der Waals surface area contributed by atoms with Crippen molar-refractivity contribution in [3.63, 3.8) is 0 Å². The average Bonchev–Trinajstić information content (AvgIpc) is 3.18. The molecule has 0 spiro atoms. The van der Waals surface area contributed by atoms with Crippen LogP contribution in [0, 0.1) is 12.8 Å². The van der Waals surface area contributed by atoms with E-state index in [2.05, 4.69) is 55.3 Å². The van der Waals surface area contributed by atoms with Gasteiger partial charge in [0, 0.05) is 24.8 Å². The fraction of sp³-hybridized carbons (Fsp3) is 0.625. The maximum atomic E-state index is 3.65. The number of anilines is 1. The highest BCUT2D eigenvalue weighted by Gasteiger charge is 2.31. The largest absolute Gasteiger partial charge is 0.370 e. The van der Waals surface area contributed by atoms with Gasteiger partial charge < -0.3 is 10.2 Å². The van der Waals surface area contributed by atoms with Crippen LogP contribution in [0.25, 0.3) is 0 Å². The predicted molar refractivity (Wildman–Crippen MR) is 79.3 cm³/mol. The highest BCUT2D eigenvalue weighted by molar-refractivity contribution is 5.48. The molecule has 1 aromatic rings. The summed E-state index contributed by atoms with van der Waals surface area (Å²) in [6.45, 7) is 9.92. The molecule has 0 radical (unpaired) electrons.